The maximum Gasteiger partial charge on any atom is 0.239 e. The Morgan fingerprint density at radius 2 is 2.04 bits per heavy atom. The van der Waals surface area contributed by atoms with E-state index >= 15 is 0 Å². The summed E-state index contributed by atoms with van der Waals surface area (Å²) in [6, 6.07) is 15.5. The second-order valence-corrected chi connectivity index (χ2v) is 6.32. The number of nitrogens with zero attached hydrogens (tertiary/aromatic N) is 2. The lowest BCUT2D eigenvalue weighted by atomic mass is 10.2. The summed E-state index contributed by atoms with van der Waals surface area (Å²) in [7, 11) is 0. The number of hydrogen-bond donors (Lipinski definition) is 2. The van der Waals surface area contributed by atoms with Gasteiger partial charge in [0.15, 0.2) is 0 Å². The highest BCUT2D eigenvalue weighted by Crippen LogP contribution is 2.24. The van der Waals surface area contributed by atoms with Crippen molar-refractivity contribution in [2.45, 2.75) is 13.0 Å². The fourth-order valence-corrected chi connectivity index (χ4v) is 3.21. The molecule has 0 atom stereocenters. The van der Waals surface area contributed by atoms with Crippen molar-refractivity contribution in [3.63, 3.8) is 0 Å². The fourth-order valence-electron chi connectivity index (χ4n) is 2.98. The number of aromatic amines is 1. The first-order chi connectivity index (χ1) is 12.2. The lowest BCUT2D eigenvalue weighted by Gasteiger charge is -2.07. The third-order valence-electron chi connectivity index (χ3n) is 4.20. The van der Waals surface area contributed by atoms with Crippen molar-refractivity contribution >= 4 is 39.4 Å². The van der Waals surface area contributed by atoms with Gasteiger partial charge in [-0.25, -0.2) is 4.98 Å². The minimum absolute atomic E-state index is 0.0337. The predicted molar refractivity (Wildman–Crippen MR) is 99.8 cm³/mol. The molecule has 5 nitrogen and oxygen atoms in total. The largest absolute Gasteiger partial charge is 0.354 e. The van der Waals surface area contributed by atoms with Crippen LogP contribution in [0.1, 0.15) is 5.82 Å². The molecule has 6 heteroatoms. The van der Waals surface area contributed by atoms with Gasteiger partial charge in [0.2, 0.25) is 5.91 Å². The average Bonchev–Trinajstić information content (AvgIpc) is 3.19. The van der Waals surface area contributed by atoms with Gasteiger partial charge < -0.3 is 14.9 Å². The van der Waals surface area contributed by atoms with Crippen molar-refractivity contribution in [2.75, 3.05) is 6.54 Å². The predicted octanol–water partition coefficient (Wildman–Crippen LogP) is 3.53. The van der Waals surface area contributed by atoms with Gasteiger partial charge in [0.25, 0.3) is 0 Å². The van der Waals surface area contributed by atoms with E-state index in [1.165, 1.54) is 0 Å². The highest BCUT2D eigenvalue weighted by atomic mass is 35.5. The Bertz CT molecular complexity index is 1020. The summed E-state index contributed by atoms with van der Waals surface area (Å²) in [5.41, 5.74) is 2.92. The molecule has 0 unspecified atom stereocenters. The Hall–Kier alpha value is -2.79. The third-order valence-corrected chi connectivity index (χ3v) is 4.53. The van der Waals surface area contributed by atoms with Gasteiger partial charge in [0, 0.05) is 35.1 Å². The van der Waals surface area contributed by atoms with Crippen molar-refractivity contribution in [1.82, 2.24) is 19.9 Å². The van der Waals surface area contributed by atoms with Crippen molar-refractivity contribution < 1.29 is 4.79 Å². The van der Waals surface area contributed by atoms with Crippen LogP contribution in [-0.2, 0) is 17.8 Å². The number of carbonyl (C=O) groups is 1. The van der Waals surface area contributed by atoms with Crippen molar-refractivity contribution in [2.24, 2.45) is 0 Å². The molecule has 2 aromatic carbocycles. The molecule has 0 radical (unpaired) electrons. The number of hydrogen-bond acceptors (Lipinski definition) is 2. The number of para-hydroxylation sites is 2. The van der Waals surface area contributed by atoms with Gasteiger partial charge in [0.05, 0.1) is 11.0 Å². The molecule has 126 valence electrons. The number of halogens is 1. The molecule has 4 rings (SSSR count). The maximum absolute atomic E-state index is 12.2. The lowest BCUT2D eigenvalue weighted by molar-refractivity contribution is -0.121. The van der Waals surface area contributed by atoms with Gasteiger partial charge in [-0.05, 0) is 30.3 Å². The smallest absolute Gasteiger partial charge is 0.239 e. The minimum atomic E-state index is -0.0337. The Labute approximate surface area is 149 Å². The summed E-state index contributed by atoms with van der Waals surface area (Å²) in [6.07, 6.45) is 2.55. The van der Waals surface area contributed by atoms with Gasteiger partial charge >= 0.3 is 0 Å². The quantitative estimate of drug-likeness (QED) is 0.577. The van der Waals surface area contributed by atoms with Crippen LogP contribution in [0.3, 0.4) is 0 Å². The Kier molecular flexibility index (Phi) is 4.15. The zero-order valence-electron chi connectivity index (χ0n) is 13.5. The SMILES string of the molecule is O=C(Cn1ccc2c(Cl)cccc21)NCCc1nc2ccccc2[nH]1. The zero-order chi connectivity index (χ0) is 17.2. The number of imidazole rings is 1. The van der Waals surface area contributed by atoms with Crippen LogP contribution in [0.4, 0.5) is 0 Å². The first-order valence-electron chi connectivity index (χ1n) is 8.14. The lowest BCUT2D eigenvalue weighted by Crippen LogP contribution is -2.29. The van der Waals surface area contributed by atoms with Crippen LogP contribution in [0.5, 0.6) is 0 Å². The van der Waals surface area contributed by atoms with E-state index in [9.17, 15) is 4.79 Å². The molecule has 2 heterocycles. The van der Waals surface area contributed by atoms with Gasteiger partial charge in [-0.3, -0.25) is 4.79 Å². The number of aromatic nitrogens is 3. The Morgan fingerprint density at radius 3 is 2.92 bits per heavy atom. The van der Waals surface area contributed by atoms with Crippen LogP contribution in [0, 0.1) is 0 Å². The van der Waals surface area contributed by atoms with Crippen molar-refractivity contribution in [1.29, 1.82) is 0 Å². The standard InChI is InChI=1S/C19H17ClN4O/c20-14-4-3-7-17-13(14)9-11-24(17)12-19(25)21-10-8-18-22-15-5-1-2-6-16(15)23-18/h1-7,9,11H,8,10,12H2,(H,21,25)(H,22,23). The summed E-state index contributed by atoms with van der Waals surface area (Å²) in [4.78, 5) is 20.0. The Balaban J connectivity index is 1.36. The zero-order valence-corrected chi connectivity index (χ0v) is 14.3. The molecule has 1 amide bonds. The molecule has 0 saturated carbocycles. The van der Waals surface area contributed by atoms with Crippen molar-refractivity contribution in [3.05, 3.63) is 65.6 Å². The highest BCUT2D eigenvalue weighted by molar-refractivity contribution is 6.35. The molecule has 0 aliphatic carbocycles. The van der Waals surface area contributed by atoms with Crippen LogP contribution >= 0.6 is 11.6 Å². The van der Waals surface area contributed by atoms with Crippen molar-refractivity contribution in [3.8, 4) is 0 Å². The molecule has 0 bridgehead atoms. The van der Waals surface area contributed by atoms with E-state index in [-0.39, 0.29) is 12.5 Å². The summed E-state index contributed by atoms with van der Waals surface area (Å²) in [6.45, 7) is 0.808. The number of H-pyrrole nitrogens is 1. The monoisotopic (exact) mass is 352 g/mol. The van der Waals surface area contributed by atoms with Gasteiger partial charge in [-0.1, -0.05) is 29.8 Å². The molecule has 0 aliphatic heterocycles. The van der Waals surface area contributed by atoms with Crippen LogP contribution < -0.4 is 5.32 Å². The molecule has 25 heavy (non-hydrogen) atoms. The average molecular weight is 353 g/mol. The number of fused-ring (bicyclic) bond motifs is 2. The summed E-state index contributed by atoms with van der Waals surface area (Å²) in [5, 5.41) is 4.59. The topological polar surface area (TPSA) is 62.7 Å². The van der Waals surface area contributed by atoms with Gasteiger partial charge in [-0.15, -0.1) is 0 Å². The third kappa shape index (κ3) is 3.23. The van der Waals surface area contributed by atoms with Crippen LogP contribution in [0.15, 0.2) is 54.7 Å². The van der Waals surface area contributed by atoms with Gasteiger partial charge in [-0.2, -0.15) is 0 Å². The van der Waals surface area contributed by atoms with E-state index in [2.05, 4.69) is 15.3 Å². The highest BCUT2D eigenvalue weighted by Gasteiger charge is 2.08. The van der Waals surface area contributed by atoms with E-state index in [0.717, 1.165) is 27.8 Å². The molecule has 0 fully saturated rings. The van der Waals surface area contributed by atoms with Gasteiger partial charge in [0.1, 0.15) is 12.4 Å². The van der Waals surface area contributed by atoms with Crippen LogP contribution in [0.25, 0.3) is 21.9 Å². The number of amides is 1. The second kappa shape index (κ2) is 6.61. The van der Waals surface area contributed by atoms with E-state index in [4.69, 9.17) is 11.6 Å². The molecular formula is C19H17ClN4O. The normalized spacial score (nSPS) is 11.2. The van der Waals surface area contributed by atoms with Crippen LogP contribution in [-0.4, -0.2) is 27.0 Å². The number of carbonyl (C=O) groups excluding carboxylic acids is 1. The molecule has 4 aromatic rings. The van der Waals surface area contributed by atoms with E-state index in [0.29, 0.717) is 18.0 Å². The molecule has 2 aromatic heterocycles. The number of benzene rings is 2. The molecule has 0 spiro atoms. The molecule has 2 N–H and O–H groups in total. The van der Waals surface area contributed by atoms with Crippen LogP contribution in [0.2, 0.25) is 5.02 Å². The molecule has 0 saturated heterocycles. The maximum atomic E-state index is 12.2. The molecular weight excluding hydrogens is 336 g/mol. The fraction of sp³-hybridized carbons (Fsp3) is 0.158. The number of rotatable bonds is 5. The second-order valence-electron chi connectivity index (χ2n) is 5.92. The summed E-state index contributed by atoms with van der Waals surface area (Å²) in [5.74, 6) is 0.841. The minimum Gasteiger partial charge on any atom is -0.354 e. The first kappa shape index (κ1) is 15.7. The van der Waals surface area contributed by atoms with E-state index < -0.39 is 0 Å². The number of nitrogens with one attached hydrogen (secondary N) is 2. The van der Waals surface area contributed by atoms with E-state index in [1.54, 1.807) is 0 Å². The summed E-state index contributed by atoms with van der Waals surface area (Å²) >= 11 is 6.17. The summed E-state index contributed by atoms with van der Waals surface area (Å²) < 4.78 is 1.90. The first-order valence-corrected chi connectivity index (χ1v) is 8.52. The Morgan fingerprint density at radius 1 is 1.16 bits per heavy atom. The molecule has 0 aliphatic rings. The van der Waals surface area contributed by atoms with E-state index in [1.807, 2.05) is 59.3 Å².